The molecule has 0 unspecified atom stereocenters. The molecule has 0 aliphatic carbocycles. The summed E-state index contributed by atoms with van der Waals surface area (Å²) in [5.41, 5.74) is 0.536. The Morgan fingerprint density at radius 3 is 2.00 bits per heavy atom. The topological polar surface area (TPSA) is 38.7 Å². The summed E-state index contributed by atoms with van der Waals surface area (Å²) in [5.74, 6) is 0. The van der Waals surface area contributed by atoms with Crippen LogP contribution in [0.4, 0.5) is 0 Å². The maximum absolute atomic E-state index is 9.63. The van der Waals surface area contributed by atoms with E-state index in [0.717, 1.165) is 5.56 Å². The van der Waals surface area contributed by atoms with Crippen LogP contribution in [0.1, 0.15) is 33.3 Å². The summed E-state index contributed by atoms with van der Waals surface area (Å²) in [6.45, 7) is 7.72. The largest absolute Gasteiger partial charge is 0.492 e. The lowest BCUT2D eigenvalue weighted by Gasteiger charge is -2.32. The van der Waals surface area contributed by atoms with E-state index in [1.165, 1.54) is 0 Å². The Morgan fingerprint density at radius 1 is 1.10 bits per heavy atom. The van der Waals surface area contributed by atoms with Gasteiger partial charge in [-0.15, -0.1) is 0 Å². The molecular formula is C15H19BCl2O3. The van der Waals surface area contributed by atoms with Gasteiger partial charge in [0, 0.05) is 10.0 Å². The minimum Gasteiger partial charge on any atom is -0.400 e. The molecular weight excluding hydrogens is 310 g/mol. The number of hydrogen-bond acceptors (Lipinski definition) is 3. The van der Waals surface area contributed by atoms with Crippen molar-refractivity contribution in [1.29, 1.82) is 0 Å². The van der Waals surface area contributed by atoms with Crippen molar-refractivity contribution in [3.05, 3.63) is 39.3 Å². The van der Waals surface area contributed by atoms with E-state index in [4.69, 9.17) is 32.5 Å². The Labute approximate surface area is 136 Å². The van der Waals surface area contributed by atoms with Crippen LogP contribution in [0.3, 0.4) is 0 Å². The molecule has 21 heavy (non-hydrogen) atoms. The molecule has 2 rings (SSSR count). The highest BCUT2D eigenvalue weighted by molar-refractivity contribution is 6.55. The second kappa shape index (κ2) is 5.94. The highest BCUT2D eigenvalue weighted by Gasteiger charge is 2.52. The van der Waals surface area contributed by atoms with Crippen LogP contribution < -0.4 is 0 Å². The van der Waals surface area contributed by atoms with Crippen LogP contribution in [-0.4, -0.2) is 30.0 Å². The monoisotopic (exact) mass is 328 g/mol. The molecule has 0 spiro atoms. The van der Waals surface area contributed by atoms with Crippen molar-refractivity contribution in [2.24, 2.45) is 0 Å². The van der Waals surface area contributed by atoms with Crippen LogP contribution in [0.15, 0.2) is 23.7 Å². The van der Waals surface area contributed by atoms with Gasteiger partial charge in [0.25, 0.3) is 0 Å². The highest BCUT2D eigenvalue weighted by atomic mass is 35.5. The van der Waals surface area contributed by atoms with Gasteiger partial charge in [-0.25, -0.2) is 0 Å². The Kier molecular flexibility index (Phi) is 4.76. The first-order chi connectivity index (χ1) is 9.64. The molecule has 1 fully saturated rings. The normalized spacial score (nSPS) is 20.9. The van der Waals surface area contributed by atoms with Crippen LogP contribution in [0.2, 0.25) is 10.0 Å². The molecule has 1 aliphatic rings. The fourth-order valence-electron chi connectivity index (χ4n) is 2.06. The summed E-state index contributed by atoms with van der Waals surface area (Å²) in [5, 5.41) is 10.7. The van der Waals surface area contributed by atoms with Crippen molar-refractivity contribution in [2.45, 2.75) is 38.9 Å². The highest BCUT2D eigenvalue weighted by Crippen LogP contribution is 2.38. The number of rotatable bonds is 3. The van der Waals surface area contributed by atoms with E-state index >= 15 is 0 Å². The van der Waals surface area contributed by atoms with Gasteiger partial charge in [0.05, 0.1) is 17.8 Å². The summed E-state index contributed by atoms with van der Waals surface area (Å²) in [6, 6.07) is 5.20. The molecule has 0 atom stereocenters. The fraction of sp³-hybridized carbons (Fsp3) is 0.467. The fourth-order valence-corrected chi connectivity index (χ4v) is 2.60. The zero-order chi connectivity index (χ0) is 15.8. The van der Waals surface area contributed by atoms with E-state index in [1.807, 2.05) is 27.7 Å². The maximum atomic E-state index is 9.63. The molecule has 1 heterocycles. The molecule has 1 aromatic carbocycles. The lowest BCUT2D eigenvalue weighted by atomic mass is 9.77. The van der Waals surface area contributed by atoms with Crippen LogP contribution in [0, 0.1) is 0 Å². The molecule has 1 aliphatic heterocycles. The van der Waals surface area contributed by atoms with Crippen molar-refractivity contribution < 1.29 is 14.4 Å². The van der Waals surface area contributed by atoms with E-state index in [9.17, 15) is 5.11 Å². The Bertz CT molecular complexity index is 534. The number of halogens is 2. The third-order valence-electron chi connectivity index (χ3n) is 3.98. The average Bonchev–Trinajstić information content (AvgIpc) is 2.54. The van der Waals surface area contributed by atoms with Crippen LogP contribution in [0.5, 0.6) is 0 Å². The van der Waals surface area contributed by atoms with E-state index in [1.54, 1.807) is 24.3 Å². The first-order valence-electron chi connectivity index (χ1n) is 6.78. The number of aliphatic hydroxyl groups excluding tert-OH is 1. The Hall–Kier alpha value is -0.515. The molecule has 3 nitrogen and oxygen atoms in total. The molecule has 0 bridgehead atoms. The quantitative estimate of drug-likeness (QED) is 0.852. The summed E-state index contributed by atoms with van der Waals surface area (Å²) >= 11 is 12.0. The second-order valence-corrected chi connectivity index (χ2v) is 7.04. The van der Waals surface area contributed by atoms with Crippen molar-refractivity contribution in [3.8, 4) is 0 Å². The average molecular weight is 329 g/mol. The van der Waals surface area contributed by atoms with Crippen molar-refractivity contribution in [1.82, 2.24) is 0 Å². The first-order valence-corrected chi connectivity index (χ1v) is 7.53. The van der Waals surface area contributed by atoms with E-state index in [0.29, 0.717) is 15.5 Å². The van der Waals surface area contributed by atoms with Gasteiger partial charge in [0.2, 0.25) is 0 Å². The summed E-state index contributed by atoms with van der Waals surface area (Å²) in [6.07, 6.45) is 1.79. The molecule has 1 aromatic rings. The number of aliphatic hydroxyl groups is 1. The standard InChI is InChI=1S/C15H19BCl2O3/c1-14(2)15(3,4)21-16(20-14)11(9-19)5-10-6-12(17)8-13(18)7-10/h5-8,19H,9H2,1-4H3. The van der Waals surface area contributed by atoms with Gasteiger partial charge < -0.3 is 14.4 Å². The molecule has 1 saturated heterocycles. The number of hydrogen-bond donors (Lipinski definition) is 1. The van der Waals surface area contributed by atoms with Gasteiger partial charge in [-0.1, -0.05) is 29.3 Å². The smallest absolute Gasteiger partial charge is 0.400 e. The zero-order valence-electron chi connectivity index (χ0n) is 12.6. The lowest BCUT2D eigenvalue weighted by Crippen LogP contribution is -2.41. The van der Waals surface area contributed by atoms with Gasteiger partial charge in [-0.3, -0.25) is 0 Å². The molecule has 1 N–H and O–H groups in total. The van der Waals surface area contributed by atoms with Gasteiger partial charge in [0.15, 0.2) is 0 Å². The van der Waals surface area contributed by atoms with Crippen LogP contribution >= 0.6 is 23.2 Å². The molecule has 0 saturated carbocycles. The van der Waals surface area contributed by atoms with Crippen molar-refractivity contribution in [3.63, 3.8) is 0 Å². The van der Waals surface area contributed by atoms with Crippen LogP contribution in [-0.2, 0) is 9.31 Å². The van der Waals surface area contributed by atoms with Crippen molar-refractivity contribution >= 4 is 36.4 Å². The molecule has 6 heteroatoms. The minimum atomic E-state index is -0.585. The summed E-state index contributed by atoms with van der Waals surface area (Å²) in [4.78, 5) is 0. The van der Waals surface area contributed by atoms with Crippen LogP contribution in [0.25, 0.3) is 6.08 Å². The SMILES string of the molecule is CC1(C)OB(C(=Cc2cc(Cl)cc(Cl)c2)CO)OC1(C)C. The Morgan fingerprint density at radius 2 is 1.57 bits per heavy atom. The number of benzene rings is 1. The van der Waals surface area contributed by atoms with Gasteiger partial charge in [-0.05, 0) is 56.9 Å². The van der Waals surface area contributed by atoms with Gasteiger partial charge in [0.1, 0.15) is 0 Å². The molecule has 0 amide bonds. The van der Waals surface area contributed by atoms with E-state index in [2.05, 4.69) is 0 Å². The van der Waals surface area contributed by atoms with Gasteiger partial charge >= 0.3 is 7.12 Å². The zero-order valence-corrected chi connectivity index (χ0v) is 14.1. The third kappa shape index (κ3) is 3.63. The van der Waals surface area contributed by atoms with Crippen molar-refractivity contribution in [2.75, 3.05) is 6.61 Å². The predicted molar refractivity (Wildman–Crippen MR) is 87.6 cm³/mol. The third-order valence-corrected chi connectivity index (χ3v) is 4.41. The Balaban J connectivity index is 2.30. The maximum Gasteiger partial charge on any atom is 0.492 e. The predicted octanol–water partition coefficient (Wildman–Crippen LogP) is 4.00. The summed E-state index contributed by atoms with van der Waals surface area (Å²) < 4.78 is 11.9. The first kappa shape index (κ1) is 16.8. The van der Waals surface area contributed by atoms with E-state index < -0.39 is 18.3 Å². The van der Waals surface area contributed by atoms with E-state index in [-0.39, 0.29) is 6.61 Å². The second-order valence-electron chi connectivity index (χ2n) is 6.17. The lowest BCUT2D eigenvalue weighted by molar-refractivity contribution is 0.00578. The molecule has 0 radical (unpaired) electrons. The summed E-state index contributed by atoms with van der Waals surface area (Å²) in [7, 11) is -0.585. The molecule has 0 aromatic heterocycles. The minimum absolute atomic E-state index is 0.166. The van der Waals surface area contributed by atoms with Gasteiger partial charge in [-0.2, -0.15) is 0 Å². The molecule has 114 valence electrons.